The highest BCUT2D eigenvalue weighted by Crippen LogP contribution is 2.30. The maximum absolute atomic E-state index is 13.7. The lowest BCUT2D eigenvalue weighted by molar-refractivity contribution is -0.139. The zero-order valence-corrected chi connectivity index (χ0v) is 21.7. The van der Waals surface area contributed by atoms with Crippen LogP contribution in [0.25, 0.3) is 6.08 Å². The van der Waals surface area contributed by atoms with Gasteiger partial charge in [0, 0.05) is 18.8 Å². The molecule has 0 spiro atoms. The molecular weight excluding hydrogens is 458 g/mol. The van der Waals surface area contributed by atoms with Crippen LogP contribution >= 0.6 is 11.3 Å². The number of rotatable bonds is 7. The molecular formula is C28H31N3O3S. The van der Waals surface area contributed by atoms with Gasteiger partial charge in [-0.05, 0) is 64.0 Å². The Morgan fingerprint density at radius 3 is 2.31 bits per heavy atom. The van der Waals surface area contributed by atoms with E-state index in [2.05, 4.69) is 35.9 Å². The van der Waals surface area contributed by atoms with Gasteiger partial charge in [0.1, 0.15) is 0 Å². The number of benzene rings is 2. The molecule has 0 fully saturated rings. The maximum Gasteiger partial charge on any atom is 0.338 e. The van der Waals surface area contributed by atoms with Crippen LogP contribution in [0.2, 0.25) is 0 Å². The molecule has 0 N–H and O–H groups in total. The summed E-state index contributed by atoms with van der Waals surface area (Å²) in [7, 11) is 0. The van der Waals surface area contributed by atoms with Crippen molar-refractivity contribution in [2.45, 2.75) is 40.7 Å². The van der Waals surface area contributed by atoms with Gasteiger partial charge in [0.25, 0.3) is 5.56 Å². The second-order valence-corrected chi connectivity index (χ2v) is 9.49. The smallest absolute Gasteiger partial charge is 0.338 e. The highest BCUT2D eigenvalue weighted by molar-refractivity contribution is 7.07. The number of aromatic nitrogens is 1. The molecule has 1 aromatic heterocycles. The van der Waals surface area contributed by atoms with Crippen molar-refractivity contribution < 1.29 is 9.53 Å². The number of hydrogen-bond acceptors (Lipinski definition) is 6. The van der Waals surface area contributed by atoms with Crippen molar-refractivity contribution in [3.05, 3.63) is 96.2 Å². The van der Waals surface area contributed by atoms with Gasteiger partial charge in [0.15, 0.2) is 4.80 Å². The number of carbonyl (C=O) groups is 1. The molecule has 0 saturated heterocycles. The number of aryl methyl sites for hydroxylation is 1. The molecule has 2 aromatic carbocycles. The van der Waals surface area contributed by atoms with E-state index < -0.39 is 12.0 Å². The Kier molecular flexibility index (Phi) is 7.36. The molecule has 1 aliphatic heterocycles. The Hall–Kier alpha value is -3.45. The molecule has 0 radical (unpaired) electrons. The highest BCUT2D eigenvalue weighted by Gasteiger charge is 2.33. The first-order chi connectivity index (χ1) is 16.9. The lowest BCUT2D eigenvalue weighted by Gasteiger charge is -2.24. The predicted molar refractivity (Wildman–Crippen MR) is 142 cm³/mol. The van der Waals surface area contributed by atoms with E-state index in [1.807, 2.05) is 49.4 Å². The van der Waals surface area contributed by atoms with Gasteiger partial charge in [-0.2, -0.15) is 0 Å². The van der Waals surface area contributed by atoms with Crippen LogP contribution < -0.4 is 19.8 Å². The average molecular weight is 490 g/mol. The first-order valence-electron chi connectivity index (χ1n) is 12.0. The fraction of sp³-hybridized carbons (Fsp3) is 0.321. The molecule has 3 aromatic rings. The van der Waals surface area contributed by atoms with Gasteiger partial charge in [-0.25, -0.2) is 9.79 Å². The van der Waals surface area contributed by atoms with Gasteiger partial charge in [-0.15, -0.1) is 0 Å². The summed E-state index contributed by atoms with van der Waals surface area (Å²) in [5.41, 5.74) is 4.86. The average Bonchev–Trinajstić information content (AvgIpc) is 3.15. The van der Waals surface area contributed by atoms with Gasteiger partial charge in [0.05, 0.1) is 28.5 Å². The van der Waals surface area contributed by atoms with Crippen LogP contribution in [0.5, 0.6) is 0 Å². The largest absolute Gasteiger partial charge is 0.463 e. The van der Waals surface area contributed by atoms with Gasteiger partial charge in [0.2, 0.25) is 0 Å². The van der Waals surface area contributed by atoms with Crippen molar-refractivity contribution in [1.29, 1.82) is 0 Å². The summed E-state index contributed by atoms with van der Waals surface area (Å²) in [6, 6.07) is 15.5. The minimum atomic E-state index is -0.585. The number of thiazole rings is 1. The topological polar surface area (TPSA) is 63.9 Å². The second kappa shape index (κ2) is 10.4. The van der Waals surface area contributed by atoms with Gasteiger partial charge < -0.3 is 9.64 Å². The fourth-order valence-electron chi connectivity index (χ4n) is 4.38. The lowest BCUT2D eigenvalue weighted by atomic mass is 9.95. The number of hydrogen-bond donors (Lipinski definition) is 0. The molecule has 1 aliphatic rings. The van der Waals surface area contributed by atoms with E-state index in [1.54, 1.807) is 18.4 Å². The molecule has 4 rings (SSSR count). The third-order valence-corrected chi connectivity index (χ3v) is 7.21. The van der Waals surface area contributed by atoms with Crippen LogP contribution in [0, 0.1) is 6.92 Å². The van der Waals surface area contributed by atoms with Crippen molar-refractivity contribution in [3.63, 3.8) is 0 Å². The molecule has 6 nitrogen and oxygen atoms in total. The fourth-order valence-corrected chi connectivity index (χ4v) is 5.42. The summed E-state index contributed by atoms with van der Waals surface area (Å²) in [5.74, 6) is -0.444. The summed E-state index contributed by atoms with van der Waals surface area (Å²) in [5, 5.41) is 0. The molecule has 7 heteroatoms. The number of nitrogens with zero attached hydrogens (tertiary/aromatic N) is 3. The zero-order chi connectivity index (χ0) is 25.1. The quantitative estimate of drug-likeness (QED) is 0.472. The molecule has 0 saturated carbocycles. The van der Waals surface area contributed by atoms with Crippen molar-refractivity contribution >= 4 is 29.1 Å². The van der Waals surface area contributed by atoms with E-state index in [0.29, 0.717) is 20.6 Å². The van der Waals surface area contributed by atoms with E-state index in [0.717, 1.165) is 35.5 Å². The summed E-state index contributed by atoms with van der Waals surface area (Å²) in [6.45, 7) is 12.0. The second-order valence-electron chi connectivity index (χ2n) is 8.48. The van der Waals surface area contributed by atoms with Crippen molar-refractivity contribution in [3.8, 4) is 0 Å². The number of ether oxygens (including phenoxy) is 1. The third kappa shape index (κ3) is 4.86. The van der Waals surface area contributed by atoms with Crippen molar-refractivity contribution in [1.82, 2.24) is 4.57 Å². The Bertz CT molecular complexity index is 1430. The molecule has 0 unspecified atom stereocenters. The van der Waals surface area contributed by atoms with Crippen LogP contribution in [0.3, 0.4) is 0 Å². The summed E-state index contributed by atoms with van der Waals surface area (Å²) < 4.78 is 7.56. The Balaban J connectivity index is 1.85. The van der Waals surface area contributed by atoms with E-state index in [9.17, 15) is 9.59 Å². The van der Waals surface area contributed by atoms with Crippen LogP contribution in [-0.4, -0.2) is 30.2 Å². The number of fused-ring (bicyclic) bond motifs is 1. The number of esters is 1. The molecule has 35 heavy (non-hydrogen) atoms. The lowest BCUT2D eigenvalue weighted by Crippen LogP contribution is -2.39. The Morgan fingerprint density at radius 1 is 1.06 bits per heavy atom. The monoisotopic (exact) mass is 489 g/mol. The van der Waals surface area contributed by atoms with Crippen LogP contribution in [0.1, 0.15) is 50.4 Å². The Morgan fingerprint density at radius 2 is 1.71 bits per heavy atom. The first kappa shape index (κ1) is 24.7. The molecule has 2 heterocycles. The number of allylic oxidation sites excluding steroid dienone is 1. The van der Waals surface area contributed by atoms with Gasteiger partial charge in [-0.1, -0.05) is 53.3 Å². The van der Waals surface area contributed by atoms with Crippen molar-refractivity contribution in [2.75, 3.05) is 24.6 Å². The summed E-state index contributed by atoms with van der Waals surface area (Å²) in [4.78, 5) is 34.1. The maximum atomic E-state index is 13.7. The normalized spacial score (nSPS) is 15.6. The predicted octanol–water partition coefficient (Wildman–Crippen LogP) is 3.95. The van der Waals surface area contributed by atoms with Crippen LogP contribution in [0.15, 0.2) is 69.6 Å². The molecule has 0 aliphatic carbocycles. The van der Waals surface area contributed by atoms with E-state index in [1.165, 1.54) is 11.3 Å². The van der Waals surface area contributed by atoms with E-state index >= 15 is 0 Å². The van der Waals surface area contributed by atoms with Gasteiger partial charge in [-0.3, -0.25) is 9.36 Å². The SMILES string of the molecule is CCOC(=O)C1=C(C)N=c2sc(=Cc3ccc(N(CC)CC)cc3)c(=O)n2[C@H]1c1ccc(C)cc1. The zero-order valence-electron chi connectivity index (χ0n) is 20.9. The van der Waals surface area contributed by atoms with Crippen LogP contribution in [-0.2, 0) is 9.53 Å². The summed E-state index contributed by atoms with van der Waals surface area (Å²) in [6.07, 6.45) is 1.89. The highest BCUT2D eigenvalue weighted by atomic mass is 32.1. The molecule has 0 amide bonds. The molecule has 1 atom stereocenters. The summed E-state index contributed by atoms with van der Waals surface area (Å²) >= 11 is 1.34. The van der Waals surface area contributed by atoms with Crippen molar-refractivity contribution in [2.24, 2.45) is 4.99 Å². The Labute approximate surface area is 209 Å². The number of anilines is 1. The number of carbonyl (C=O) groups excluding carboxylic acids is 1. The van der Waals surface area contributed by atoms with E-state index in [-0.39, 0.29) is 12.2 Å². The minimum absolute atomic E-state index is 0.165. The third-order valence-electron chi connectivity index (χ3n) is 6.23. The first-order valence-corrected chi connectivity index (χ1v) is 12.8. The standard InChI is InChI=1S/C28H31N3O3S/c1-6-30(7-2)22-15-11-20(12-16-22)17-23-26(32)31-25(21-13-9-18(4)10-14-21)24(27(33)34-8-3)19(5)29-28(31)35-23/h9-17,25H,6-8H2,1-5H3/t25-/m0/s1. The molecule has 182 valence electrons. The molecule has 0 bridgehead atoms. The van der Waals surface area contributed by atoms with Crippen LogP contribution in [0.4, 0.5) is 5.69 Å². The minimum Gasteiger partial charge on any atom is -0.463 e. The van der Waals surface area contributed by atoms with Gasteiger partial charge >= 0.3 is 5.97 Å². The van der Waals surface area contributed by atoms with E-state index in [4.69, 9.17) is 4.74 Å².